The molecule has 146 valence electrons. The minimum absolute atomic E-state index is 0.0794. The van der Waals surface area contributed by atoms with Gasteiger partial charge in [-0.3, -0.25) is 4.79 Å². The number of nitrogens with zero attached hydrogens (tertiary/aromatic N) is 3. The lowest BCUT2D eigenvalue weighted by atomic mass is 9.78. The van der Waals surface area contributed by atoms with Gasteiger partial charge in [-0.05, 0) is 49.8 Å². The van der Waals surface area contributed by atoms with Crippen LogP contribution in [0.1, 0.15) is 48.9 Å². The van der Waals surface area contributed by atoms with Crippen molar-refractivity contribution in [1.82, 2.24) is 14.5 Å². The van der Waals surface area contributed by atoms with Crippen molar-refractivity contribution >= 4 is 26.8 Å². The van der Waals surface area contributed by atoms with Crippen LogP contribution in [0.5, 0.6) is 0 Å². The molecule has 0 N–H and O–H groups in total. The minimum atomic E-state index is -3.03. The third kappa shape index (κ3) is 3.88. The van der Waals surface area contributed by atoms with Crippen LogP contribution < -0.4 is 0 Å². The number of piperidine rings is 1. The summed E-state index contributed by atoms with van der Waals surface area (Å²) in [6.07, 6.45) is 10.1. The molecule has 1 saturated carbocycles. The highest BCUT2D eigenvalue weighted by Crippen LogP contribution is 2.36. The van der Waals surface area contributed by atoms with Crippen molar-refractivity contribution in [3.05, 3.63) is 30.1 Å². The van der Waals surface area contributed by atoms with E-state index in [0.717, 1.165) is 30.4 Å². The Morgan fingerprint density at radius 1 is 1.19 bits per heavy atom. The van der Waals surface area contributed by atoms with E-state index >= 15 is 0 Å². The predicted octanol–water partition coefficient (Wildman–Crippen LogP) is 2.88. The summed E-state index contributed by atoms with van der Waals surface area (Å²) in [6.45, 7) is 1.22. The van der Waals surface area contributed by atoms with Gasteiger partial charge in [0.1, 0.15) is 9.84 Å². The van der Waals surface area contributed by atoms with E-state index < -0.39 is 9.84 Å². The average Bonchev–Trinajstić information content (AvgIpc) is 3.07. The van der Waals surface area contributed by atoms with Crippen molar-refractivity contribution in [3.8, 4) is 0 Å². The van der Waals surface area contributed by atoms with Gasteiger partial charge in [-0.15, -0.1) is 0 Å². The van der Waals surface area contributed by atoms with Gasteiger partial charge in [-0.25, -0.2) is 13.4 Å². The second kappa shape index (κ2) is 7.26. The van der Waals surface area contributed by atoms with Crippen LogP contribution in [0.15, 0.2) is 24.5 Å². The van der Waals surface area contributed by atoms with Crippen molar-refractivity contribution in [3.63, 3.8) is 0 Å². The molecule has 2 aromatic rings. The molecular formula is C20H27N3O3S. The fraction of sp³-hybridized carbons (Fsp3) is 0.600. The van der Waals surface area contributed by atoms with E-state index in [4.69, 9.17) is 0 Å². The third-order valence-corrected chi connectivity index (χ3v) is 7.00. The Morgan fingerprint density at radius 2 is 1.96 bits per heavy atom. The van der Waals surface area contributed by atoms with Gasteiger partial charge in [0, 0.05) is 31.0 Å². The number of carbonyl (C=O) groups is 1. The number of sulfone groups is 1. The normalized spacial score (nSPS) is 23.4. The highest BCUT2D eigenvalue weighted by Gasteiger charge is 2.36. The van der Waals surface area contributed by atoms with Crippen LogP contribution in [0, 0.1) is 5.92 Å². The number of benzene rings is 1. The minimum Gasteiger partial charge on any atom is -0.335 e. The Bertz CT molecular complexity index is 949. The molecule has 2 atom stereocenters. The summed E-state index contributed by atoms with van der Waals surface area (Å²) in [5.74, 6) is 0.852. The summed E-state index contributed by atoms with van der Waals surface area (Å²) in [6, 6.07) is 5.99. The summed E-state index contributed by atoms with van der Waals surface area (Å²) >= 11 is 0. The molecule has 6 nitrogen and oxygen atoms in total. The second-order valence-corrected chi connectivity index (χ2v) is 10.3. The van der Waals surface area contributed by atoms with Gasteiger partial charge in [0.2, 0.25) is 0 Å². The average molecular weight is 390 g/mol. The van der Waals surface area contributed by atoms with Crippen LogP contribution >= 0.6 is 0 Å². The molecule has 1 saturated heterocycles. The van der Waals surface area contributed by atoms with Crippen LogP contribution in [0.2, 0.25) is 0 Å². The fourth-order valence-corrected chi connectivity index (χ4v) is 5.21. The number of carbonyl (C=O) groups excluding carboxylic acids is 1. The van der Waals surface area contributed by atoms with Gasteiger partial charge in [-0.1, -0.05) is 12.8 Å². The van der Waals surface area contributed by atoms with Crippen LogP contribution in [-0.4, -0.2) is 53.4 Å². The lowest BCUT2D eigenvalue weighted by molar-refractivity contribution is 0.0391. The maximum absolute atomic E-state index is 13.2. The number of fused-ring (bicyclic) bond motifs is 2. The summed E-state index contributed by atoms with van der Waals surface area (Å²) in [7, 11) is -3.03. The molecule has 1 aromatic heterocycles. The van der Waals surface area contributed by atoms with E-state index in [9.17, 15) is 13.2 Å². The summed E-state index contributed by atoms with van der Waals surface area (Å²) in [4.78, 5) is 19.7. The van der Waals surface area contributed by atoms with E-state index in [1.165, 1.54) is 31.9 Å². The molecule has 2 fully saturated rings. The fourth-order valence-electron chi connectivity index (χ4n) is 4.68. The molecule has 2 unspecified atom stereocenters. The number of imidazole rings is 1. The molecule has 0 radical (unpaired) electrons. The molecule has 1 aromatic carbocycles. The van der Waals surface area contributed by atoms with Crippen molar-refractivity contribution in [2.75, 3.05) is 18.6 Å². The maximum Gasteiger partial charge on any atom is 0.254 e. The molecule has 4 rings (SSSR count). The first-order chi connectivity index (χ1) is 12.9. The topological polar surface area (TPSA) is 72.3 Å². The smallest absolute Gasteiger partial charge is 0.254 e. The first-order valence-electron chi connectivity index (χ1n) is 9.86. The van der Waals surface area contributed by atoms with E-state index in [1.807, 2.05) is 22.8 Å². The quantitative estimate of drug-likeness (QED) is 0.806. The Kier molecular flexibility index (Phi) is 4.97. The van der Waals surface area contributed by atoms with Gasteiger partial charge in [0.25, 0.3) is 5.91 Å². The van der Waals surface area contributed by atoms with Gasteiger partial charge in [0.05, 0.1) is 23.1 Å². The van der Waals surface area contributed by atoms with E-state index in [1.54, 1.807) is 6.33 Å². The number of hydrogen-bond acceptors (Lipinski definition) is 4. The zero-order chi connectivity index (χ0) is 19.0. The molecule has 0 spiro atoms. The number of rotatable bonds is 4. The van der Waals surface area contributed by atoms with E-state index in [0.29, 0.717) is 24.1 Å². The lowest BCUT2D eigenvalue weighted by Crippen LogP contribution is -2.49. The highest BCUT2D eigenvalue weighted by atomic mass is 32.2. The second-order valence-electron chi connectivity index (χ2n) is 8.02. The van der Waals surface area contributed by atoms with Crippen molar-refractivity contribution in [2.24, 2.45) is 5.92 Å². The predicted molar refractivity (Wildman–Crippen MR) is 105 cm³/mol. The maximum atomic E-state index is 13.2. The molecule has 1 aliphatic carbocycles. The Morgan fingerprint density at radius 3 is 2.78 bits per heavy atom. The third-order valence-electron chi connectivity index (χ3n) is 6.08. The van der Waals surface area contributed by atoms with Crippen molar-refractivity contribution < 1.29 is 13.2 Å². The monoisotopic (exact) mass is 389 g/mol. The standard InChI is InChI=1S/C20H27N3O3S/c1-27(25,26)12-11-22-14-21-17-13-16(8-9-19(17)22)20(24)23-10-4-6-15-5-2-3-7-18(15)23/h8-9,13-15,18H,2-7,10-12H2,1H3. The van der Waals surface area contributed by atoms with Crippen molar-refractivity contribution in [2.45, 2.75) is 51.1 Å². The van der Waals surface area contributed by atoms with E-state index in [-0.39, 0.29) is 11.7 Å². The highest BCUT2D eigenvalue weighted by molar-refractivity contribution is 7.90. The molecular weight excluding hydrogens is 362 g/mol. The number of aryl methyl sites for hydroxylation is 1. The van der Waals surface area contributed by atoms with Crippen molar-refractivity contribution in [1.29, 1.82) is 0 Å². The van der Waals surface area contributed by atoms with Crippen LogP contribution in [0.4, 0.5) is 0 Å². The zero-order valence-corrected chi connectivity index (χ0v) is 16.6. The zero-order valence-electron chi connectivity index (χ0n) is 15.8. The van der Waals surface area contributed by atoms with Gasteiger partial charge < -0.3 is 9.47 Å². The Hall–Kier alpha value is -1.89. The number of aromatic nitrogens is 2. The lowest BCUT2D eigenvalue weighted by Gasteiger charge is -2.44. The number of amides is 1. The van der Waals surface area contributed by atoms with Gasteiger partial charge >= 0.3 is 0 Å². The largest absolute Gasteiger partial charge is 0.335 e. The Balaban J connectivity index is 1.56. The molecule has 7 heteroatoms. The first-order valence-corrected chi connectivity index (χ1v) is 11.9. The number of likely N-dealkylation sites (tertiary alicyclic amines) is 1. The summed E-state index contributed by atoms with van der Waals surface area (Å²) in [5.41, 5.74) is 2.29. The molecule has 2 aliphatic rings. The molecule has 2 heterocycles. The van der Waals surface area contributed by atoms with E-state index in [2.05, 4.69) is 9.88 Å². The summed E-state index contributed by atoms with van der Waals surface area (Å²) in [5, 5.41) is 0. The molecule has 1 aliphatic heterocycles. The first kappa shape index (κ1) is 18.5. The molecule has 1 amide bonds. The van der Waals surface area contributed by atoms with Crippen LogP contribution in [0.25, 0.3) is 11.0 Å². The molecule has 27 heavy (non-hydrogen) atoms. The van der Waals surface area contributed by atoms with Crippen LogP contribution in [0.3, 0.4) is 0 Å². The Labute approximate surface area is 160 Å². The van der Waals surface area contributed by atoms with Crippen LogP contribution in [-0.2, 0) is 16.4 Å². The summed E-state index contributed by atoms with van der Waals surface area (Å²) < 4.78 is 24.7. The SMILES string of the molecule is CS(=O)(=O)CCn1cnc2cc(C(=O)N3CCCC4CCCCC43)ccc21. The van der Waals surface area contributed by atoms with Gasteiger partial charge in [0.15, 0.2) is 0 Å². The molecule has 0 bridgehead atoms. The van der Waals surface area contributed by atoms with Gasteiger partial charge in [-0.2, -0.15) is 0 Å². The number of hydrogen-bond donors (Lipinski definition) is 0.